The van der Waals surface area contributed by atoms with E-state index in [9.17, 15) is 4.79 Å². The van der Waals surface area contributed by atoms with Gasteiger partial charge in [0, 0.05) is 12.6 Å². The molecule has 0 fully saturated rings. The first-order valence-corrected chi connectivity index (χ1v) is 8.34. The summed E-state index contributed by atoms with van der Waals surface area (Å²) in [6.07, 6.45) is 0.817. The molecule has 4 nitrogen and oxygen atoms in total. The number of nitrogens with two attached hydrogens (primary N) is 1. The molecule has 1 atom stereocenters. The molecule has 0 spiro atoms. The van der Waals surface area contributed by atoms with Crippen molar-refractivity contribution in [1.82, 2.24) is 10.3 Å². The van der Waals surface area contributed by atoms with Crippen LogP contribution in [0.3, 0.4) is 0 Å². The van der Waals surface area contributed by atoms with Gasteiger partial charge in [0.25, 0.3) is 5.91 Å². The number of aryl methyl sites for hydroxylation is 1. The summed E-state index contributed by atoms with van der Waals surface area (Å²) in [5, 5.41) is 3.85. The number of nitrogens with one attached hydrogen (secondary N) is 1. The van der Waals surface area contributed by atoms with Crippen LogP contribution < -0.4 is 11.1 Å². The Hall–Kier alpha value is -1.14. The number of hydrogen-bond acceptors (Lipinski definition) is 4. The molecule has 0 saturated heterocycles. The molecule has 0 radical (unpaired) electrons. The van der Waals surface area contributed by atoms with E-state index in [0.29, 0.717) is 17.3 Å². The average molecular weight is 390 g/mol. The fourth-order valence-corrected chi connectivity index (χ4v) is 3.14. The molecule has 1 aromatic carbocycles. The van der Waals surface area contributed by atoms with Gasteiger partial charge in [0.15, 0.2) is 0 Å². The molecule has 1 aromatic heterocycles. The molecule has 1 heterocycles. The Kier molecular flexibility index (Phi) is 10.2. The van der Waals surface area contributed by atoms with Crippen LogP contribution in [-0.2, 0) is 6.42 Å². The van der Waals surface area contributed by atoms with Crippen LogP contribution in [0.1, 0.15) is 45.8 Å². The van der Waals surface area contributed by atoms with E-state index in [1.54, 1.807) is 0 Å². The third-order valence-electron chi connectivity index (χ3n) is 3.32. The summed E-state index contributed by atoms with van der Waals surface area (Å²) >= 11 is 1.45. The van der Waals surface area contributed by atoms with E-state index in [2.05, 4.69) is 24.1 Å². The maximum Gasteiger partial charge on any atom is 0.263 e. The monoisotopic (exact) mass is 389 g/mol. The number of rotatable bonds is 6. The Labute approximate surface area is 160 Å². The van der Waals surface area contributed by atoms with E-state index in [1.807, 2.05) is 37.3 Å². The number of benzene rings is 1. The van der Waals surface area contributed by atoms with Crippen molar-refractivity contribution in [3.05, 3.63) is 51.5 Å². The number of nitrogens with zero attached hydrogens (tertiary/aromatic N) is 1. The van der Waals surface area contributed by atoms with Crippen molar-refractivity contribution in [1.29, 1.82) is 0 Å². The van der Waals surface area contributed by atoms with Gasteiger partial charge in [-0.15, -0.1) is 36.2 Å². The van der Waals surface area contributed by atoms with Gasteiger partial charge in [0.05, 0.1) is 10.7 Å². The summed E-state index contributed by atoms with van der Waals surface area (Å²) in [5.74, 6) is 0.396. The van der Waals surface area contributed by atoms with Gasteiger partial charge in [-0.1, -0.05) is 44.2 Å². The van der Waals surface area contributed by atoms with Crippen molar-refractivity contribution in [3.63, 3.8) is 0 Å². The van der Waals surface area contributed by atoms with Crippen molar-refractivity contribution < 1.29 is 4.79 Å². The molecule has 3 N–H and O–H groups in total. The molecule has 2 rings (SSSR count). The topological polar surface area (TPSA) is 68.0 Å². The van der Waals surface area contributed by atoms with E-state index >= 15 is 0 Å². The molecule has 0 saturated carbocycles. The van der Waals surface area contributed by atoms with Gasteiger partial charge < -0.3 is 11.1 Å². The van der Waals surface area contributed by atoms with Crippen LogP contribution in [0.25, 0.3) is 0 Å². The average Bonchev–Trinajstić information content (AvgIpc) is 2.85. The number of hydrogen-bond donors (Lipinski definition) is 2. The normalized spacial score (nSPS) is 11.4. The zero-order valence-electron chi connectivity index (χ0n) is 14.1. The SMILES string of the molecule is Cc1nc(CC(C)C)c(C(=O)NCC(N)c2ccccc2)s1.Cl.Cl. The van der Waals surface area contributed by atoms with Gasteiger partial charge in [-0.05, 0) is 24.8 Å². The summed E-state index contributed by atoms with van der Waals surface area (Å²) in [5.41, 5.74) is 8.03. The van der Waals surface area contributed by atoms with Gasteiger partial charge in [0.1, 0.15) is 4.88 Å². The van der Waals surface area contributed by atoms with Crippen molar-refractivity contribution >= 4 is 42.1 Å². The molecule has 0 aliphatic rings. The summed E-state index contributed by atoms with van der Waals surface area (Å²) in [4.78, 5) is 17.6. The van der Waals surface area contributed by atoms with Gasteiger partial charge in [-0.2, -0.15) is 0 Å². The molecule has 1 unspecified atom stereocenters. The highest BCUT2D eigenvalue weighted by molar-refractivity contribution is 7.13. The van der Waals surface area contributed by atoms with Crippen LogP contribution in [0.5, 0.6) is 0 Å². The fraction of sp³-hybridized carbons (Fsp3) is 0.412. The second-order valence-electron chi connectivity index (χ2n) is 5.83. The van der Waals surface area contributed by atoms with Gasteiger partial charge in [-0.3, -0.25) is 4.79 Å². The lowest BCUT2D eigenvalue weighted by Gasteiger charge is -2.13. The molecule has 0 bridgehead atoms. The quantitative estimate of drug-likeness (QED) is 0.786. The smallest absolute Gasteiger partial charge is 0.263 e. The number of thiazole rings is 1. The highest BCUT2D eigenvalue weighted by Gasteiger charge is 2.18. The van der Waals surface area contributed by atoms with Crippen LogP contribution in [0, 0.1) is 12.8 Å². The van der Waals surface area contributed by atoms with Gasteiger partial charge in [-0.25, -0.2) is 4.98 Å². The molecule has 7 heteroatoms. The first-order chi connectivity index (χ1) is 10.5. The Morgan fingerprint density at radius 3 is 2.46 bits per heavy atom. The predicted octanol–water partition coefficient (Wildman–Crippen LogP) is 3.92. The summed E-state index contributed by atoms with van der Waals surface area (Å²) in [6, 6.07) is 9.59. The highest BCUT2D eigenvalue weighted by atomic mass is 35.5. The van der Waals surface area contributed by atoms with Crippen LogP contribution in [0.4, 0.5) is 0 Å². The van der Waals surface area contributed by atoms with E-state index in [4.69, 9.17) is 5.73 Å². The maximum atomic E-state index is 12.4. The first kappa shape index (κ1) is 22.9. The van der Waals surface area contributed by atoms with E-state index in [0.717, 1.165) is 22.7 Å². The van der Waals surface area contributed by atoms with Crippen LogP contribution in [-0.4, -0.2) is 17.4 Å². The molecule has 1 amide bonds. The molecule has 0 aliphatic carbocycles. The summed E-state index contributed by atoms with van der Waals surface area (Å²) in [7, 11) is 0. The van der Waals surface area contributed by atoms with Crippen molar-refractivity contribution in [2.45, 2.75) is 33.2 Å². The third kappa shape index (κ3) is 6.40. The fourth-order valence-electron chi connectivity index (χ4n) is 2.27. The van der Waals surface area contributed by atoms with E-state index in [-0.39, 0.29) is 36.8 Å². The minimum atomic E-state index is -0.201. The number of aromatic nitrogens is 1. The van der Waals surface area contributed by atoms with Crippen LogP contribution >= 0.6 is 36.2 Å². The second-order valence-corrected chi connectivity index (χ2v) is 7.04. The lowest BCUT2D eigenvalue weighted by atomic mass is 10.1. The van der Waals surface area contributed by atoms with Crippen molar-refractivity contribution in [3.8, 4) is 0 Å². The molecule has 24 heavy (non-hydrogen) atoms. The number of carbonyl (C=O) groups excluding carboxylic acids is 1. The third-order valence-corrected chi connectivity index (χ3v) is 4.33. The molecule has 134 valence electrons. The van der Waals surface area contributed by atoms with Gasteiger partial charge in [0.2, 0.25) is 0 Å². The van der Waals surface area contributed by atoms with Gasteiger partial charge >= 0.3 is 0 Å². The maximum absolute atomic E-state index is 12.4. The van der Waals surface area contributed by atoms with Crippen molar-refractivity contribution in [2.75, 3.05) is 6.54 Å². The number of halogens is 2. The lowest BCUT2D eigenvalue weighted by Crippen LogP contribution is -2.32. The summed E-state index contributed by atoms with van der Waals surface area (Å²) in [6.45, 7) is 6.60. The lowest BCUT2D eigenvalue weighted by molar-refractivity contribution is 0.0954. The largest absolute Gasteiger partial charge is 0.349 e. The summed E-state index contributed by atoms with van der Waals surface area (Å²) < 4.78 is 0. The molecule has 0 aliphatic heterocycles. The van der Waals surface area contributed by atoms with Crippen molar-refractivity contribution in [2.24, 2.45) is 11.7 Å². The zero-order chi connectivity index (χ0) is 16.1. The second kappa shape index (κ2) is 10.7. The van der Waals surface area contributed by atoms with E-state index in [1.165, 1.54) is 11.3 Å². The Balaban J connectivity index is 0.00000264. The van der Waals surface area contributed by atoms with Crippen LogP contribution in [0.15, 0.2) is 30.3 Å². The number of amides is 1. The predicted molar refractivity (Wildman–Crippen MR) is 106 cm³/mol. The zero-order valence-corrected chi connectivity index (χ0v) is 16.6. The minimum Gasteiger partial charge on any atom is -0.349 e. The Bertz CT molecular complexity index is 632. The minimum absolute atomic E-state index is 0. The van der Waals surface area contributed by atoms with E-state index < -0.39 is 0 Å². The standard InChI is InChI=1S/C17H23N3OS.2ClH/c1-11(2)9-15-16(22-12(3)20-15)17(21)19-10-14(18)13-7-5-4-6-8-13;;/h4-8,11,14H,9-10,18H2,1-3H3,(H,19,21);2*1H. The molecular formula is C17H25Cl2N3OS. The highest BCUT2D eigenvalue weighted by Crippen LogP contribution is 2.21. The Morgan fingerprint density at radius 1 is 1.25 bits per heavy atom. The molecule has 2 aromatic rings. The van der Waals surface area contributed by atoms with Crippen LogP contribution in [0.2, 0.25) is 0 Å². The molecular weight excluding hydrogens is 365 g/mol. The first-order valence-electron chi connectivity index (χ1n) is 7.52. The number of carbonyl (C=O) groups is 1. The Morgan fingerprint density at radius 2 is 1.88 bits per heavy atom.